The van der Waals surface area contributed by atoms with E-state index < -0.39 is 0 Å². The molecule has 2 saturated carbocycles. The van der Waals surface area contributed by atoms with Crippen LogP contribution >= 0.6 is 0 Å². The number of hydrogen-bond acceptors (Lipinski definition) is 2. The van der Waals surface area contributed by atoms with Crippen LogP contribution in [0.1, 0.15) is 59.3 Å². The summed E-state index contributed by atoms with van der Waals surface area (Å²) in [6.07, 6.45) is 6.55. The number of amides is 3. The standard InChI is InChI=1S/C18H31N3O2/c1-12(2)19-18(23)20-10-8-15(9-11-20)17(22)21(16-6-7-16)13(3)14-4-5-14/h12-16H,4-11H2,1-3H3,(H,19,23)/t13-/m1/s1. The van der Waals surface area contributed by atoms with Crippen LogP contribution in [0.5, 0.6) is 0 Å². The summed E-state index contributed by atoms with van der Waals surface area (Å²) >= 11 is 0. The molecule has 3 aliphatic rings. The van der Waals surface area contributed by atoms with Crippen LogP contribution in [0, 0.1) is 11.8 Å². The second-order valence-corrected chi connectivity index (χ2v) is 7.92. The van der Waals surface area contributed by atoms with Gasteiger partial charge in [0.25, 0.3) is 0 Å². The van der Waals surface area contributed by atoms with Gasteiger partial charge >= 0.3 is 6.03 Å². The Morgan fingerprint density at radius 3 is 2.09 bits per heavy atom. The van der Waals surface area contributed by atoms with E-state index in [0.717, 1.165) is 18.8 Å². The van der Waals surface area contributed by atoms with Gasteiger partial charge in [-0.05, 0) is 65.2 Å². The normalized spacial score (nSPS) is 23.7. The molecule has 0 aromatic rings. The first-order valence-electron chi connectivity index (χ1n) is 9.35. The molecule has 1 aliphatic heterocycles. The second kappa shape index (κ2) is 6.70. The number of carbonyl (C=O) groups is 2. The largest absolute Gasteiger partial charge is 0.336 e. The van der Waals surface area contributed by atoms with E-state index in [2.05, 4.69) is 17.1 Å². The molecule has 0 spiro atoms. The number of urea groups is 1. The lowest BCUT2D eigenvalue weighted by molar-refractivity contribution is -0.140. The van der Waals surface area contributed by atoms with Crippen LogP contribution in [0.3, 0.4) is 0 Å². The molecule has 23 heavy (non-hydrogen) atoms. The van der Waals surface area contributed by atoms with Gasteiger partial charge in [0.15, 0.2) is 0 Å². The lowest BCUT2D eigenvalue weighted by Crippen LogP contribution is -2.50. The molecule has 3 fully saturated rings. The van der Waals surface area contributed by atoms with Gasteiger partial charge in [0.05, 0.1) is 0 Å². The molecule has 130 valence electrons. The molecule has 5 nitrogen and oxygen atoms in total. The third-order valence-corrected chi connectivity index (χ3v) is 5.48. The Morgan fingerprint density at radius 2 is 1.61 bits per heavy atom. The number of piperidine rings is 1. The highest BCUT2D eigenvalue weighted by molar-refractivity contribution is 5.81. The van der Waals surface area contributed by atoms with Gasteiger partial charge in [0, 0.05) is 37.1 Å². The third-order valence-electron chi connectivity index (χ3n) is 5.48. The Balaban J connectivity index is 1.53. The van der Waals surface area contributed by atoms with Crippen molar-refractivity contribution >= 4 is 11.9 Å². The Kier molecular flexibility index (Phi) is 4.83. The maximum Gasteiger partial charge on any atom is 0.317 e. The summed E-state index contributed by atoms with van der Waals surface area (Å²) < 4.78 is 0. The molecule has 0 unspecified atom stereocenters. The minimum absolute atomic E-state index is 0.0105. The van der Waals surface area contributed by atoms with Crippen molar-refractivity contribution in [2.45, 2.75) is 77.4 Å². The number of nitrogens with zero attached hydrogens (tertiary/aromatic N) is 2. The maximum absolute atomic E-state index is 13.0. The lowest BCUT2D eigenvalue weighted by atomic mass is 9.94. The fraction of sp³-hybridized carbons (Fsp3) is 0.889. The Morgan fingerprint density at radius 1 is 1.00 bits per heavy atom. The molecule has 1 atom stereocenters. The molecule has 0 bridgehead atoms. The summed E-state index contributed by atoms with van der Waals surface area (Å²) in [6.45, 7) is 7.58. The smallest absolute Gasteiger partial charge is 0.317 e. The molecule has 1 N–H and O–H groups in total. The topological polar surface area (TPSA) is 52.7 Å². The van der Waals surface area contributed by atoms with Crippen LogP contribution in [0.25, 0.3) is 0 Å². The van der Waals surface area contributed by atoms with Crippen LogP contribution in [0.2, 0.25) is 0 Å². The van der Waals surface area contributed by atoms with Crippen LogP contribution in [0.15, 0.2) is 0 Å². The van der Waals surface area contributed by atoms with E-state index in [9.17, 15) is 9.59 Å². The Bertz CT molecular complexity index is 449. The van der Waals surface area contributed by atoms with Crippen LogP contribution in [-0.4, -0.2) is 53.0 Å². The van der Waals surface area contributed by atoms with E-state index >= 15 is 0 Å². The number of likely N-dealkylation sites (tertiary alicyclic amines) is 1. The van der Waals surface area contributed by atoms with Crippen molar-refractivity contribution in [1.29, 1.82) is 0 Å². The first kappa shape index (κ1) is 16.6. The Hall–Kier alpha value is -1.26. The van der Waals surface area contributed by atoms with Crippen LogP contribution in [0.4, 0.5) is 4.79 Å². The molecule has 0 radical (unpaired) electrons. The van der Waals surface area contributed by atoms with Gasteiger partial charge < -0.3 is 15.1 Å². The lowest BCUT2D eigenvalue weighted by Gasteiger charge is -2.37. The average Bonchev–Trinajstić information content (AvgIpc) is 3.38. The van der Waals surface area contributed by atoms with E-state index in [1.165, 1.54) is 25.7 Å². The zero-order chi connectivity index (χ0) is 16.6. The summed E-state index contributed by atoms with van der Waals surface area (Å²) in [5.41, 5.74) is 0. The van der Waals surface area contributed by atoms with Crippen molar-refractivity contribution in [1.82, 2.24) is 15.1 Å². The van der Waals surface area contributed by atoms with Gasteiger partial charge in [-0.15, -0.1) is 0 Å². The fourth-order valence-corrected chi connectivity index (χ4v) is 3.75. The minimum Gasteiger partial charge on any atom is -0.336 e. The molecular formula is C18H31N3O2. The summed E-state index contributed by atoms with van der Waals surface area (Å²) in [7, 11) is 0. The van der Waals surface area contributed by atoms with Crippen molar-refractivity contribution < 1.29 is 9.59 Å². The summed E-state index contributed by atoms with van der Waals surface area (Å²) in [5, 5.41) is 2.94. The van der Waals surface area contributed by atoms with Gasteiger partial charge in [0.2, 0.25) is 5.91 Å². The van der Waals surface area contributed by atoms with Gasteiger partial charge in [-0.3, -0.25) is 4.79 Å². The zero-order valence-electron chi connectivity index (χ0n) is 14.8. The van der Waals surface area contributed by atoms with E-state index in [0.29, 0.717) is 31.1 Å². The molecular weight excluding hydrogens is 290 g/mol. The molecule has 0 aromatic heterocycles. The SMILES string of the molecule is CC(C)NC(=O)N1CCC(C(=O)N(C2CC2)[C@H](C)C2CC2)CC1. The molecule has 1 saturated heterocycles. The van der Waals surface area contributed by atoms with Crippen molar-refractivity contribution in [2.75, 3.05) is 13.1 Å². The Labute approximate surface area is 139 Å². The first-order valence-corrected chi connectivity index (χ1v) is 9.35. The fourth-order valence-electron chi connectivity index (χ4n) is 3.75. The average molecular weight is 321 g/mol. The summed E-state index contributed by atoms with van der Waals surface area (Å²) in [4.78, 5) is 29.1. The molecule has 2 aliphatic carbocycles. The van der Waals surface area contributed by atoms with Gasteiger partial charge in [-0.2, -0.15) is 0 Å². The van der Waals surface area contributed by atoms with Crippen molar-refractivity contribution in [3.63, 3.8) is 0 Å². The second-order valence-electron chi connectivity index (χ2n) is 7.92. The van der Waals surface area contributed by atoms with E-state index in [4.69, 9.17) is 0 Å². The van der Waals surface area contributed by atoms with Gasteiger partial charge in [-0.25, -0.2) is 4.79 Å². The molecule has 1 heterocycles. The van der Waals surface area contributed by atoms with Crippen molar-refractivity contribution in [2.24, 2.45) is 11.8 Å². The maximum atomic E-state index is 13.0. The van der Waals surface area contributed by atoms with Gasteiger partial charge in [-0.1, -0.05) is 0 Å². The summed E-state index contributed by atoms with van der Waals surface area (Å²) in [5.74, 6) is 1.20. The van der Waals surface area contributed by atoms with E-state index in [1.807, 2.05) is 18.7 Å². The highest BCUT2D eigenvalue weighted by Gasteiger charge is 2.43. The highest BCUT2D eigenvalue weighted by Crippen LogP contribution is 2.41. The number of rotatable bonds is 5. The molecule has 3 rings (SSSR count). The van der Waals surface area contributed by atoms with Crippen molar-refractivity contribution in [3.8, 4) is 0 Å². The predicted octanol–water partition coefficient (Wildman–Crippen LogP) is 2.61. The van der Waals surface area contributed by atoms with Crippen LogP contribution in [-0.2, 0) is 4.79 Å². The number of hydrogen-bond donors (Lipinski definition) is 1. The van der Waals surface area contributed by atoms with Crippen molar-refractivity contribution in [3.05, 3.63) is 0 Å². The minimum atomic E-state index is 0.0105. The predicted molar refractivity (Wildman–Crippen MR) is 90.0 cm³/mol. The van der Waals surface area contributed by atoms with Crippen LogP contribution < -0.4 is 5.32 Å². The number of carbonyl (C=O) groups excluding carboxylic acids is 2. The third kappa shape index (κ3) is 3.99. The van der Waals surface area contributed by atoms with Gasteiger partial charge in [0.1, 0.15) is 0 Å². The van der Waals surface area contributed by atoms with E-state index in [-0.39, 0.29) is 18.0 Å². The zero-order valence-corrected chi connectivity index (χ0v) is 14.8. The van der Waals surface area contributed by atoms with E-state index in [1.54, 1.807) is 0 Å². The molecule has 0 aromatic carbocycles. The molecule has 5 heteroatoms. The number of nitrogens with one attached hydrogen (secondary N) is 1. The monoisotopic (exact) mass is 321 g/mol. The summed E-state index contributed by atoms with van der Waals surface area (Å²) in [6, 6.07) is 1.08. The first-order chi connectivity index (χ1) is 11.0. The quantitative estimate of drug-likeness (QED) is 0.846. The highest BCUT2D eigenvalue weighted by atomic mass is 16.2. The molecule has 3 amide bonds.